The minimum absolute atomic E-state index is 0.0463. The topological polar surface area (TPSA) is 64.3 Å². The standard InChI is InChI=1S/C16H17FN2O2/c1-12(8-9-18)19(2)16(21)14-7-6-13(11-15(14)17)5-3-4-10-20/h6-7,11-12,20H,4,8,10H2,1-2H3. The third kappa shape index (κ3) is 4.59. The van der Waals surface area contributed by atoms with Crippen LogP contribution in [0.4, 0.5) is 4.39 Å². The van der Waals surface area contributed by atoms with Crippen LogP contribution < -0.4 is 0 Å². The molecule has 0 aliphatic rings. The summed E-state index contributed by atoms with van der Waals surface area (Å²) in [7, 11) is 1.54. The van der Waals surface area contributed by atoms with Crippen LogP contribution in [-0.2, 0) is 0 Å². The van der Waals surface area contributed by atoms with E-state index in [-0.39, 0.29) is 24.6 Å². The van der Waals surface area contributed by atoms with Gasteiger partial charge in [0.2, 0.25) is 0 Å². The van der Waals surface area contributed by atoms with Crippen LogP contribution in [0.15, 0.2) is 18.2 Å². The van der Waals surface area contributed by atoms with E-state index in [4.69, 9.17) is 10.4 Å². The average Bonchev–Trinajstić information content (AvgIpc) is 2.46. The van der Waals surface area contributed by atoms with Crippen LogP contribution >= 0.6 is 0 Å². The Morgan fingerprint density at radius 3 is 2.81 bits per heavy atom. The van der Waals surface area contributed by atoms with E-state index in [9.17, 15) is 9.18 Å². The number of hydrogen-bond acceptors (Lipinski definition) is 3. The third-order valence-corrected chi connectivity index (χ3v) is 3.04. The van der Waals surface area contributed by atoms with Crippen LogP contribution in [0.25, 0.3) is 0 Å². The lowest BCUT2D eigenvalue weighted by molar-refractivity contribution is 0.0741. The molecule has 1 aromatic rings. The van der Waals surface area contributed by atoms with Crippen molar-refractivity contribution in [2.45, 2.75) is 25.8 Å². The largest absolute Gasteiger partial charge is 0.395 e. The van der Waals surface area contributed by atoms with Gasteiger partial charge in [-0.15, -0.1) is 0 Å². The van der Waals surface area contributed by atoms with Gasteiger partial charge in [-0.25, -0.2) is 4.39 Å². The van der Waals surface area contributed by atoms with Crippen molar-refractivity contribution in [3.05, 3.63) is 35.1 Å². The first-order valence-electron chi connectivity index (χ1n) is 6.54. The lowest BCUT2D eigenvalue weighted by atomic mass is 10.1. The second kappa shape index (κ2) is 8.04. The number of benzene rings is 1. The predicted molar refractivity (Wildman–Crippen MR) is 76.8 cm³/mol. The van der Waals surface area contributed by atoms with Gasteiger partial charge in [-0.05, 0) is 25.1 Å². The SMILES string of the molecule is CC(CC#N)N(C)C(=O)c1ccc(C#CCCO)cc1F. The molecule has 0 aliphatic carbocycles. The summed E-state index contributed by atoms with van der Waals surface area (Å²) in [6.45, 7) is 1.68. The van der Waals surface area contributed by atoms with Crippen LogP contribution in [0, 0.1) is 29.0 Å². The molecule has 5 heteroatoms. The number of rotatable bonds is 4. The number of nitriles is 1. The molecule has 1 amide bonds. The summed E-state index contributed by atoms with van der Waals surface area (Å²) in [6.07, 6.45) is 0.505. The second-order valence-electron chi connectivity index (χ2n) is 4.60. The molecule has 0 bridgehead atoms. The Morgan fingerprint density at radius 2 is 2.24 bits per heavy atom. The van der Waals surface area contributed by atoms with Crippen molar-refractivity contribution in [3.8, 4) is 17.9 Å². The molecule has 1 rings (SSSR count). The lowest BCUT2D eigenvalue weighted by Crippen LogP contribution is -2.35. The van der Waals surface area contributed by atoms with E-state index < -0.39 is 11.7 Å². The molecular weight excluding hydrogens is 271 g/mol. The van der Waals surface area contributed by atoms with Gasteiger partial charge >= 0.3 is 0 Å². The molecule has 21 heavy (non-hydrogen) atoms. The molecule has 1 N–H and O–H groups in total. The minimum Gasteiger partial charge on any atom is -0.395 e. The van der Waals surface area contributed by atoms with Crippen molar-refractivity contribution >= 4 is 5.91 Å². The van der Waals surface area contributed by atoms with Gasteiger partial charge in [0.05, 0.1) is 24.7 Å². The van der Waals surface area contributed by atoms with Crippen molar-refractivity contribution in [1.29, 1.82) is 5.26 Å². The van der Waals surface area contributed by atoms with Crippen molar-refractivity contribution in [1.82, 2.24) is 4.90 Å². The summed E-state index contributed by atoms with van der Waals surface area (Å²) >= 11 is 0. The fourth-order valence-electron chi connectivity index (χ4n) is 1.65. The zero-order valence-corrected chi connectivity index (χ0v) is 12.1. The molecule has 1 atom stereocenters. The van der Waals surface area contributed by atoms with Gasteiger partial charge in [-0.2, -0.15) is 5.26 Å². The van der Waals surface area contributed by atoms with Crippen molar-refractivity contribution in [2.75, 3.05) is 13.7 Å². The van der Waals surface area contributed by atoms with E-state index in [1.165, 1.54) is 17.0 Å². The molecule has 1 unspecified atom stereocenters. The maximum atomic E-state index is 14.0. The molecule has 110 valence electrons. The Bertz CT molecular complexity index is 611. The van der Waals surface area contributed by atoms with Crippen LogP contribution in [0.3, 0.4) is 0 Å². The summed E-state index contributed by atoms with van der Waals surface area (Å²) in [5.41, 5.74) is 0.403. The third-order valence-electron chi connectivity index (χ3n) is 3.04. The molecule has 4 nitrogen and oxygen atoms in total. The van der Waals surface area contributed by atoms with E-state index in [1.807, 2.05) is 6.07 Å². The summed E-state index contributed by atoms with van der Waals surface area (Å²) in [5, 5.41) is 17.3. The smallest absolute Gasteiger partial charge is 0.256 e. The highest BCUT2D eigenvalue weighted by atomic mass is 19.1. The minimum atomic E-state index is -0.646. The van der Waals surface area contributed by atoms with E-state index >= 15 is 0 Å². The second-order valence-corrected chi connectivity index (χ2v) is 4.60. The molecule has 0 spiro atoms. The Labute approximate surface area is 123 Å². The Balaban J connectivity index is 2.93. The average molecular weight is 288 g/mol. The molecule has 0 radical (unpaired) electrons. The van der Waals surface area contributed by atoms with Gasteiger partial charge in [0.25, 0.3) is 5.91 Å². The quantitative estimate of drug-likeness (QED) is 0.861. The molecule has 0 aromatic heterocycles. The first-order valence-corrected chi connectivity index (χ1v) is 6.54. The van der Waals surface area contributed by atoms with E-state index in [1.54, 1.807) is 20.0 Å². The van der Waals surface area contributed by atoms with Gasteiger partial charge in [0.15, 0.2) is 0 Å². The Kier molecular flexibility index (Phi) is 6.39. The van der Waals surface area contributed by atoms with Crippen molar-refractivity contribution < 1.29 is 14.3 Å². The van der Waals surface area contributed by atoms with Crippen molar-refractivity contribution in [3.63, 3.8) is 0 Å². The van der Waals surface area contributed by atoms with Crippen LogP contribution in [0.1, 0.15) is 35.7 Å². The molecule has 0 fully saturated rings. The number of carbonyl (C=O) groups is 1. The van der Waals surface area contributed by atoms with Crippen LogP contribution in [0.2, 0.25) is 0 Å². The summed E-state index contributed by atoms with van der Waals surface area (Å²) < 4.78 is 14.0. The fourth-order valence-corrected chi connectivity index (χ4v) is 1.65. The lowest BCUT2D eigenvalue weighted by Gasteiger charge is -2.23. The Hall–Kier alpha value is -2.37. The highest BCUT2D eigenvalue weighted by molar-refractivity contribution is 5.94. The van der Waals surface area contributed by atoms with Crippen LogP contribution in [-0.4, -0.2) is 35.6 Å². The normalized spacial score (nSPS) is 11.0. The number of nitrogens with zero attached hydrogens (tertiary/aromatic N) is 2. The van der Waals surface area contributed by atoms with Gasteiger partial charge < -0.3 is 10.0 Å². The zero-order chi connectivity index (χ0) is 15.8. The highest BCUT2D eigenvalue weighted by Gasteiger charge is 2.20. The number of hydrogen-bond donors (Lipinski definition) is 1. The van der Waals surface area contributed by atoms with Gasteiger partial charge in [0.1, 0.15) is 5.82 Å². The number of carbonyl (C=O) groups excluding carboxylic acids is 1. The Morgan fingerprint density at radius 1 is 1.52 bits per heavy atom. The molecule has 0 saturated heterocycles. The monoisotopic (exact) mass is 288 g/mol. The predicted octanol–water partition coefficient (Wildman–Crippen LogP) is 1.93. The molecule has 0 heterocycles. The first-order chi connectivity index (χ1) is 10.0. The number of halogens is 1. The van der Waals surface area contributed by atoms with E-state index in [0.717, 1.165) is 0 Å². The molecule has 1 aromatic carbocycles. The molecule has 0 aliphatic heterocycles. The van der Waals surface area contributed by atoms with E-state index in [2.05, 4.69) is 11.8 Å². The molecule has 0 saturated carbocycles. The maximum Gasteiger partial charge on any atom is 0.256 e. The molecular formula is C16H17FN2O2. The van der Waals surface area contributed by atoms with Crippen LogP contribution in [0.5, 0.6) is 0 Å². The van der Waals surface area contributed by atoms with Crippen molar-refractivity contribution in [2.24, 2.45) is 0 Å². The summed E-state index contributed by atoms with van der Waals surface area (Å²) in [6, 6.07) is 5.83. The maximum absolute atomic E-state index is 14.0. The summed E-state index contributed by atoms with van der Waals surface area (Å²) in [4.78, 5) is 13.5. The zero-order valence-electron chi connectivity index (χ0n) is 12.1. The first kappa shape index (κ1) is 16.7. The fraction of sp³-hybridized carbons (Fsp3) is 0.375. The highest BCUT2D eigenvalue weighted by Crippen LogP contribution is 2.14. The number of amides is 1. The van der Waals surface area contributed by atoms with Gasteiger partial charge in [-0.1, -0.05) is 11.8 Å². The van der Waals surface area contributed by atoms with Gasteiger partial charge in [-0.3, -0.25) is 4.79 Å². The number of aliphatic hydroxyl groups excluding tert-OH is 1. The van der Waals surface area contributed by atoms with Gasteiger partial charge in [0, 0.05) is 25.1 Å². The summed E-state index contributed by atoms with van der Waals surface area (Å²) in [5.74, 6) is 4.28. The number of aliphatic hydroxyl groups is 1. The van der Waals surface area contributed by atoms with E-state index in [0.29, 0.717) is 12.0 Å².